The van der Waals surface area contributed by atoms with Crippen LogP contribution in [0.5, 0.6) is 5.75 Å². The van der Waals surface area contributed by atoms with Crippen LogP contribution < -0.4 is 4.74 Å². The van der Waals surface area contributed by atoms with Gasteiger partial charge in [0, 0.05) is 39.3 Å². The second kappa shape index (κ2) is 7.14. The summed E-state index contributed by atoms with van der Waals surface area (Å²) in [5.74, 6) is 2.26. The fraction of sp³-hybridized carbons (Fsp3) is 0.429. The zero-order valence-electron chi connectivity index (χ0n) is 14.7. The van der Waals surface area contributed by atoms with E-state index < -0.39 is 0 Å². The van der Waals surface area contributed by atoms with Gasteiger partial charge < -0.3 is 4.74 Å². The first-order valence-corrected chi connectivity index (χ1v) is 9.01. The molecule has 2 aromatic carbocycles. The quantitative estimate of drug-likeness (QED) is 0.830. The fourth-order valence-electron chi connectivity index (χ4n) is 4.33. The maximum absolute atomic E-state index is 13.3. The van der Waals surface area contributed by atoms with E-state index in [4.69, 9.17) is 4.74 Å². The third-order valence-electron chi connectivity index (χ3n) is 5.50. The molecule has 4 rings (SSSR count). The van der Waals surface area contributed by atoms with Crippen LogP contribution in [0.4, 0.5) is 4.39 Å². The second-order valence-corrected chi connectivity index (χ2v) is 7.39. The van der Waals surface area contributed by atoms with E-state index >= 15 is 0 Å². The van der Waals surface area contributed by atoms with Gasteiger partial charge in [0.25, 0.3) is 0 Å². The molecule has 0 N–H and O–H groups in total. The minimum atomic E-state index is -0.137. The number of hydrogen-bond donors (Lipinski definition) is 0. The van der Waals surface area contributed by atoms with Crippen LogP contribution in [0.2, 0.25) is 0 Å². The smallest absolute Gasteiger partial charge is 0.123 e. The molecule has 2 heterocycles. The van der Waals surface area contributed by atoms with Crippen LogP contribution >= 0.6 is 0 Å². The predicted molar refractivity (Wildman–Crippen MR) is 96.9 cm³/mol. The summed E-state index contributed by atoms with van der Waals surface area (Å²) < 4.78 is 18.6. The summed E-state index contributed by atoms with van der Waals surface area (Å²) in [7, 11) is 1.70. The molecule has 25 heavy (non-hydrogen) atoms. The molecule has 3 nitrogen and oxygen atoms in total. The minimum Gasteiger partial charge on any atom is -0.497 e. The molecule has 4 heteroatoms. The molecular weight excluding hydrogens is 315 g/mol. The van der Waals surface area contributed by atoms with E-state index in [1.54, 1.807) is 19.2 Å². The lowest BCUT2D eigenvalue weighted by Gasteiger charge is -2.21. The van der Waals surface area contributed by atoms with Crippen molar-refractivity contribution in [1.82, 2.24) is 9.80 Å². The van der Waals surface area contributed by atoms with Gasteiger partial charge in [-0.3, -0.25) is 9.80 Å². The third kappa shape index (κ3) is 3.86. The number of ether oxygens (including phenoxy) is 1. The van der Waals surface area contributed by atoms with Gasteiger partial charge in [-0.05, 0) is 47.2 Å². The van der Waals surface area contributed by atoms with Gasteiger partial charge in [-0.15, -0.1) is 0 Å². The summed E-state index contributed by atoms with van der Waals surface area (Å²) in [5, 5.41) is 0. The van der Waals surface area contributed by atoms with Crippen molar-refractivity contribution in [2.24, 2.45) is 11.8 Å². The van der Waals surface area contributed by atoms with Crippen molar-refractivity contribution < 1.29 is 9.13 Å². The van der Waals surface area contributed by atoms with E-state index in [9.17, 15) is 4.39 Å². The third-order valence-corrected chi connectivity index (χ3v) is 5.50. The van der Waals surface area contributed by atoms with Crippen molar-refractivity contribution in [1.29, 1.82) is 0 Å². The molecule has 2 saturated heterocycles. The molecule has 0 spiro atoms. The number of rotatable bonds is 5. The maximum atomic E-state index is 13.3. The Morgan fingerprint density at radius 1 is 0.880 bits per heavy atom. The van der Waals surface area contributed by atoms with Crippen LogP contribution in [0, 0.1) is 17.7 Å². The number of nitrogens with zero attached hydrogens (tertiary/aromatic N) is 2. The molecule has 2 fully saturated rings. The van der Waals surface area contributed by atoms with Gasteiger partial charge in [0.15, 0.2) is 0 Å². The largest absolute Gasteiger partial charge is 0.497 e. The molecule has 2 aliphatic rings. The van der Waals surface area contributed by atoms with Crippen LogP contribution in [0.25, 0.3) is 0 Å². The molecule has 0 aromatic heterocycles. The normalized spacial score (nSPS) is 23.8. The Bertz CT molecular complexity index is 704. The summed E-state index contributed by atoms with van der Waals surface area (Å²) in [6, 6.07) is 15.4. The van der Waals surface area contributed by atoms with Gasteiger partial charge in [-0.1, -0.05) is 24.3 Å². The van der Waals surface area contributed by atoms with Crippen molar-refractivity contribution in [3.05, 3.63) is 65.5 Å². The molecule has 0 saturated carbocycles. The van der Waals surface area contributed by atoms with E-state index in [-0.39, 0.29) is 5.82 Å². The molecule has 0 aliphatic carbocycles. The highest BCUT2D eigenvalue weighted by Crippen LogP contribution is 2.32. The van der Waals surface area contributed by atoms with Crippen molar-refractivity contribution in [3.8, 4) is 5.75 Å². The minimum absolute atomic E-state index is 0.137. The zero-order chi connectivity index (χ0) is 17.2. The van der Waals surface area contributed by atoms with Gasteiger partial charge in [0.2, 0.25) is 0 Å². The molecule has 0 amide bonds. The van der Waals surface area contributed by atoms with Crippen LogP contribution in [0.1, 0.15) is 11.1 Å². The molecule has 2 aromatic rings. The van der Waals surface area contributed by atoms with E-state index in [0.29, 0.717) is 0 Å². The van der Waals surface area contributed by atoms with E-state index in [1.807, 2.05) is 18.2 Å². The van der Waals surface area contributed by atoms with Gasteiger partial charge in [-0.2, -0.15) is 0 Å². The average Bonchev–Trinajstić information content (AvgIpc) is 3.13. The van der Waals surface area contributed by atoms with Crippen molar-refractivity contribution in [3.63, 3.8) is 0 Å². The van der Waals surface area contributed by atoms with Gasteiger partial charge >= 0.3 is 0 Å². The molecular formula is C21H25FN2O. The first-order chi connectivity index (χ1) is 12.2. The summed E-state index contributed by atoms with van der Waals surface area (Å²) in [6.45, 7) is 6.46. The second-order valence-electron chi connectivity index (χ2n) is 7.39. The Morgan fingerprint density at radius 3 is 2.04 bits per heavy atom. The molecule has 132 valence electrons. The van der Waals surface area contributed by atoms with Crippen molar-refractivity contribution >= 4 is 0 Å². The Morgan fingerprint density at radius 2 is 1.48 bits per heavy atom. The number of likely N-dealkylation sites (tertiary alicyclic amines) is 2. The van der Waals surface area contributed by atoms with Crippen LogP contribution in [-0.4, -0.2) is 43.1 Å². The molecule has 2 atom stereocenters. The highest BCUT2D eigenvalue weighted by Gasteiger charge is 2.39. The van der Waals surface area contributed by atoms with Gasteiger partial charge in [0.1, 0.15) is 11.6 Å². The van der Waals surface area contributed by atoms with Crippen LogP contribution in [0.15, 0.2) is 48.5 Å². The SMILES string of the molecule is COc1ccc(CN2C[C@H]3CN(Cc4cccc(F)c4)C[C@@H]3C2)cc1. The Balaban J connectivity index is 1.29. The molecule has 0 unspecified atom stereocenters. The number of fused-ring (bicyclic) bond motifs is 1. The zero-order valence-corrected chi connectivity index (χ0v) is 14.7. The lowest BCUT2D eigenvalue weighted by Crippen LogP contribution is -2.28. The first-order valence-electron chi connectivity index (χ1n) is 9.01. The summed E-state index contributed by atoms with van der Waals surface area (Å²) >= 11 is 0. The monoisotopic (exact) mass is 340 g/mol. The highest BCUT2D eigenvalue weighted by atomic mass is 19.1. The standard InChI is InChI=1S/C21H25FN2O/c1-25-21-7-5-16(6-8-21)10-23-12-18-14-24(15-19(18)13-23)11-17-3-2-4-20(22)9-17/h2-9,18-19H,10-15H2,1H3/t18-,19-/m0/s1. The molecule has 0 bridgehead atoms. The van der Waals surface area contributed by atoms with Crippen molar-refractivity contribution in [2.45, 2.75) is 13.1 Å². The van der Waals surface area contributed by atoms with E-state index in [2.05, 4.69) is 21.9 Å². The summed E-state index contributed by atoms with van der Waals surface area (Å²) in [5.41, 5.74) is 2.42. The number of halogens is 1. The number of methoxy groups -OCH3 is 1. The van der Waals surface area contributed by atoms with Crippen LogP contribution in [-0.2, 0) is 13.1 Å². The predicted octanol–water partition coefficient (Wildman–Crippen LogP) is 3.40. The van der Waals surface area contributed by atoms with Gasteiger partial charge in [0.05, 0.1) is 7.11 Å². The Kier molecular flexibility index (Phi) is 4.73. The van der Waals surface area contributed by atoms with E-state index in [0.717, 1.165) is 62.4 Å². The topological polar surface area (TPSA) is 15.7 Å². The number of hydrogen-bond acceptors (Lipinski definition) is 3. The average molecular weight is 340 g/mol. The van der Waals surface area contributed by atoms with Gasteiger partial charge in [-0.25, -0.2) is 4.39 Å². The lowest BCUT2D eigenvalue weighted by molar-refractivity contribution is 0.246. The Hall–Kier alpha value is -1.91. The molecule has 0 radical (unpaired) electrons. The molecule has 2 aliphatic heterocycles. The van der Waals surface area contributed by atoms with Crippen molar-refractivity contribution in [2.75, 3.05) is 33.3 Å². The first kappa shape index (κ1) is 16.6. The summed E-state index contributed by atoms with van der Waals surface area (Å²) in [6.07, 6.45) is 0. The lowest BCUT2D eigenvalue weighted by atomic mass is 10.0. The van der Waals surface area contributed by atoms with E-state index in [1.165, 1.54) is 11.6 Å². The fourth-order valence-corrected chi connectivity index (χ4v) is 4.33. The number of benzene rings is 2. The summed E-state index contributed by atoms with van der Waals surface area (Å²) in [4.78, 5) is 5.05. The highest BCUT2D eigenvalue weighted by molar-refractivity contribution is 5.27. The van der Waals surface area contributed by atoms with Crippen LogP contribution in [0.3, 0.4) is 0 Å². The Labute approximate surface area is 149 Å². The maximum Gasteiger partial charge on any atom is 0.123 e.